The number of nitro benzene ring substituents is 2. The first-order chi connectivity index (χ1) is 22.0. The lowest BCUT2D eigenvalue weighted by molar-refractivity contribution is -0.385. The molecule has 46 heavy (non-hydrogen) atoms. The maximum absolute atomic E-state index is 11.5. The maximum Gasteiger partial charge on any atom is 0.427 e. The number of non-ortho nitro benzene ring substituents is 2. The van der Waals surface area contributed by atoms with Crippen LogP contribution >= 0.6 is 11.6 Å². The highest BCUT2D eigenvalue weighted by molar-refractivity contribution is 6.61. The van der Waals surface area contributed by atoms with E-state index in [0.29, 0.717) is 26.3 Å². The van der Waals surface area contributed by atoms with Crippen molar-refractivity contribution >= 4 is 34.5 Å². The van der Waals surface area contributed by atoms with Gasteiger partial charge in [-0.2, -0.15) is 0 Å². The van der Waals surface area contributed by atoms with Gasteiger partial charge in [-0.25, -0.2) is 19.6 Å². The van der Waals surface area contributed by atoms with Gasteiger partial charge in [-0.15, -0.1) is 0 Å². The summed E-state index contributed by atoms with van der Waals surface area (Å²) in [6, 6.07) is 10.3. The van der Waals surface area contributed by atoms with Crippen molar-refractivity contribution in [2.45, 2.75) is 20.8 Å². The Morgan fingerprint density at radius 3 is 1.50 bits per heavy atom. The number of rotatable bonds is 8. The molecule has 0 aromatic heterocycles. The van der Waals surface area contributed by atoms with Gasteiger partial charge in [-0.05, 0) is 43.9 Å². The summed E-state index contributed by atoms with van der Waals surface area (Å²) < 4.78 is 19.6. The Morgan fingerprint density at radius 2 is 1.20 bits per heavy atom. The van der Waals surface area contributed by atoms with E-state index in [1.165, 1.54) is 68.2 Å². The maximum atomic E-state index is 11.5. The Balaban J connectivity index is 0.000000338. The van der Waals surface area contributed by atoms with Crippen molar-refractivity contribution in [3.8, 4) is 11.5 Å². The van der Waals surface area contributed by atoms with E-state index < -0.39 is 21.4 Å². The molecular formula is C28H42ClN7O10. The average Bonchev–Trinajstić information content (AvgIpc) is 3.04. The van der Waals surface area contributed by atoms with Crippen molar-refractivity contribution < 1.29 is 38.4 Å². The van der Waals surface area contributed by atoms with Crippen molar-refractivity contribution in [1.29, 1.82) is 0 Å². The second-order valence-electron chi connectivity index (χ2n) is 9.21. The van der Waals surface area contributed by atoms with Crippen molar-refractivity contribution in [1.82, 2.24) is 20.3 Å². The second-order valence-corrected chi connectivity index (χ2v) is 9.52. The molecule has 0 saturated carbocycles. The minimum atomic E-state index is -0.978. The number of hydrazine groups is 2. The Hall–Kier alpha value is -3.97. The Morgan fingerprint density at radius 1 is 0.804 bits per heavy atom. The van der Waals surface area contributed by atoms with Gasteiger partial charge < -0.3 is 23.8 Å². The van der Waals surface area contributed by atoms with Crippen LogP contribution in [-0.4, -0.2) is 109 Å². The van der Waals surface area contributed by atoms with Crippen LogP contribution in [0, 0.1) is 20.2 Å². The number of benzene rings is 2. The van der Waals surface area contributed by atoms with E-state index >= 15 is 0 Å². The van der Waals surface area contributed by atoms with E-state index in [-0.39, 0.29) is 22.9 Å². The zero-order valence-corrected chi connectivity index (χ0v) is 26.9. The fourth-order valence-electron chi connectivity index (χ4n) is 3.55. The number of hydrogen-bond acceptors (Lipinski definition) is 14. The molecule has 2 aliphatic rings. The number of halogens is 1. The van der Waals surface area contributed by atoms with Gasteiger partial charge in [0.1, 0.15) is 11.5 Å². The monoisotopic (exact) mass is 671 g/mol. The summed E-state index contributed by atoms with van der Waals surface area (Å²) in [5, 5.41) is 24.1. The topological polar surface area (TPSA) is 205 Å². The third-order valence-corrected chi connectivity index (χ3v) is 6.23. The summed E-state index contributed by atoms with van der Waals surface area (Å²) in [5.74, 6) is 5.81. The predicted molar refractivity (Wildman–Crippen MR) is 170 cm³/mol. The van der Waals surface area contributed by atoms with Gasteiger partial charge in [0.05, 0.1) is 36.3 Å². The minimum Gasteiger partial charge on any atom is -0.414 e. The molecule has 2 aliphatic heterocycles. The van der Waals surface area contributed by atoms with Crippen molar-refractivity contribution in [3.63, 3.8) is 0 Å². The molecule has 0 bridgehead atoms. The van der Waals surface area contributed by atoms with E-state index in [1.807, 2.05) is 0 Å². The van der Waals surface area contributed by atoms with E-state index in [2.05, 4.69) is 35.8 Å². The van der Waals surface area contributed by atoms with Gasteiger partial charge in [0.25, 0.3) is 11.4 Å². The molecule has 1 amide bonds. The standard InChI is InChI=1S/C11H13N3O5.C7H4ClNO4.C6H15N.C4H10N2O/c15-11(12-13-5-7-18-8-6-13)19-10-3-1-9(2-4-10)14(16)17;8-7(10)13-6-3-1-5(2-4-6)9(11)12;1-4-7(5-2)6-3;5-6-1-3-7-4-2-6/h1-4H,5-8H2,(H,12,15);1-4H;4-6H2,1-3H3;1-5H2. The smallest absolute Gasteiger partial charge is 0.414 e. The quantitative estimate of drug-likeness (QED) is 0.177. The normalized spacial score (nSPS) is 14.6. The Labute approximate surface area is 272 Å². The molecule has 2 heterocycles. The molecule has 0 unspecified atom stereocenters. The first-order valence-corrected chi connectivity index (χ1v) is 14.8. The zero-order chi connectivity index (χ0) is 34.3. The van der Waals surface area contributed by atoms with Crippen LogP contribution in [-0.2, 0) is 9.47 Å². The molecule has 3 N–H and O–H groups in total. The van der Waals surface area contributed by atoms with Gasteiger partial charge in [0, 0.05) is 62.0 Å². The first-order valence-electron chi connectivity index (χ1n) is 14.5. The Kier molecular flexibility index (Phi) is 20.4. The largest absolute Gasteiger partial charge is 0.427 e. The van der Waals surface area contributed by atoms with E-state index in [0.717, 1.165) is 26.3 Å². The molecule has 0 aliphatic carbocycles. The summed E-state index contributed by atoms with van der Waals surface area (Å²) in [4.78, 5) is 43.8. The molecule has 17 nitrogen and oxygen atoms in total. The number of nitrogens with one attached hydrogen (secondary N) is 1. The fraction of sp³-hybridized carbons (Fsp3) is 0.500. The molecule has 2 fully saturated rings. The molecule has 18 heteroatoms. The number of nitro groups is 2. The third-order valence-electron chi connectivity index (χ3n) is 6.15. The predicted octanol–water partition coefficient (Wildman–Crippen LogP) is 3.80. The highest BCUT2D eigenvalue weighted by Gasteiger charge is 2.15. The van der Waals surface area contributed by atoms with Crippen molar-refractivity contribution in [3.05, 3.63) is 68.8 Å². The minimum absolute atomic E-state index is 0.0547. The number of ether oxygens (including phenoxy) is 4. The van der Waals surface area contributed by atoms with Crippen LogP contribution in [0.4, 0.5) is 21.0 Å². The summed E-state index contributed by atoms with van der Waals surface area (Å²) in [6.45, 7) is 15.7. The summed E-state index contributed by atoms with van der Waals surface area (Å²) in [7, 11) is 0. The molecule has 4 rings (SSSR count). The van der Waals surface area contributed by atoms with Gasteiger partial charge in [-0.3, -0.25) is 31.5 Å². The molecule has 0 radical (unpaired) electrons. The lowest BCUT2D eigenvalue weighted by Crippen LogP contribution is -2.49. The zero-order valence-electron chi connectivity index (χ0n) is 26.2. The lowest BCUT2D eigenvalue weighted by Gasteiger charge is -2.26. The molecule has 256 valence electrons. The van der Waals surface area contributed by atoms with Crippen LogP contribution in [0.15, 0.2) is 48.5 Å². The number of carbonyl (C=O) groups is 2. The van der Waals surface area contributed by atoms with Gasteiger partial charge in [0.2, 0.25) is 0 Å². The Bertz CT molecular complexity index is 1170. The molecule has 2 saturated heterocycles. The SMILES string of the molecule is CCN(CC)CC.NN1CCOCC1.O=C(Cl)Oc1ccc([N+](=O)[O-])cc1.O=C(NN1CCOCC1)Oc1ccc([N+](=O)[O-])cc1. The number of amides is 1. The number of carbonyl (C=O) groups excluding carboxylic acids is 2. The van der Waals surface area contributed by atoms with Crippen LogP contribution in [0.5, 0.6) is 11.5 Å². The van der Waals surface area contributed by atoms with Crippen LogP contribution in [0.3, 0.4) is 0 Å². The molecule has 0 atom stereocenters. The van der Waals surface area contributed by atoms with E-state index in [9.17, 15) is 29.8 Å². The van der Waals surface area contributed by atoms with Crippen molar-refractivity contribution in [2.24, 2.45) is 5.84 Å². The summed E-state index contributed by atoms with van der Waals surface area (Å²) >= 11 is 4.92. The first kappa shape index (κ1) is 40.1. The van der Waals surface area contributed by atoms with Gasteiger partial charge in [0.15, 0.2) is 0 Å². The summed E-state index contributed by atoms with van der Waals surface area (Å²) in [5.41, 5.74) is 1.46. The number of morpholine rings is 2. The lowest BCUT2D eigenvalue weighted by atomic mass is 10.3. The molecule has 2 aromatic rings. The average molecular weight is 672 g/mol. The second kappa shape index (κ2) is 23.4. The number of nitrogens with two attached hydrogens (primary N) is 1. The molecular weight excluding hydrogens is 630 g/mol. The van der Waals surface area contributed by atoms with Crippen molar-refractivity contribution in [2.75, 3.05) is 72.2 Å². The van der Waals surface area contributed by atoms with E-state index in [1.54, 1.807) is 10.0 Å². The third kappa shape index (κ3) is 18.1. The van der Waals surface area contributed by atoms with Crippen LogP contribution in [0.1, 0.15) is 20.8 Å². The fourth-order valence-corrected chi connectivity index (χ4v) is 3.64. The highest BCUT2D eigenvalue weighted by Crippen LogP contribution is 2.18. The number of nitrogens with zero attached hydrogens (tertiary/aromatic N) is 5. The van der Waals surface area contributed by atoms with E-state index in [4.69, 9.17) is 31.7 Å². The van der Waals surface area contributed by atoms with Crippen LogP contribution < -0.4 is 20.7 Å². The van der Waals surface area contributed by atoms with Gasteiger partial charge >= 0.3 is 11.5 Å². The molecule has 2 aromatic carbocycles. The number of hydrogen-bond donors (Lipinski definition) is 2. The summed E-state index contributed by atoms with van der Waals surface area (Å²) in [6.07, 6.45) is -0.629. The van der Waals surface area contributed by atoms with Gasteiger partial charge in [-0.1, -0.05) is 20.8 Å². The van der Waals surface area contributed by atoms with Crippen LogP contribution in [0.2, 0.25) is 0 Å². The highest BCUT2D eigenvalue weighted by atomic mass is 35.5. The van der Waals surface area contributed by atoms with Crippen LogP contribution in [0.25, 0.3) is 0 Å². The molecule has 0 spiro atoms.